The Bertz CT molecular complexity index is 236. The minimum absolute atomic E-state index is 0.237. The van der Waals surface area contributed by atoms with Gasteiger partial charge in [-0.15, -0.1) is 0 Å². The number of nitrogens with two attached hydrogens (primary N) is 1. The maximum atomic E-state index is 11.6. The van der Waals surface area contributed by atoms with Gasteiger partial charge in [-0.3, -0.25) is 4.79 Å². The number of ether oxygens (including phenoxy) is 2. The quantitative estimate of drug-likeness (QED) is 0.618. The van der Waals surface area contributed by atoms with Crippen LogP contribution < -0.4 is 5.73 Å². The molecule has 1 heterocycles. The van der Waals surface area contributed by atoms with Gasteiger partial charge in [-0.05, 0) is 20.8 Å². The van der Waals surface area contributed by atoms with E-state index in [0.29, 0.717) is 6.61 Å². The highest BCUT2D eigenvalue weighted by molar-refractivity contribution is 5.76. The maximum absolute atomic E-state index is 11.6. The van der Waals surface area contributed by atoms with E-state index in [4.69, 9.17) is 15.2 Å². The van der Waals surface area contributed by atoms with Crippen LogP contribution in [-0.2, 0) is 14.3 Å². The van der Waals surface area contributed by atoms with Crippen molar-refractivity contribution in [1.29, 1.82) is 0 Å². The first kappa shape index (κ1) is 12.4. The SMILES string of the molecule is CC(C)(C)OC(=O)[C@@H](N)[C@H]1COC[C@@H]1O. The Balaban J connectivity index is 2.52. The van der Waals surface area contributed by atoms with Crippen molar-refractivity contribution < 1.29 is 19.4 Å². The normalized spacial score (nSPS) is 28.9. The zero-order chi connectivity index (χ0) is 11.6. The third-order valence-electron chi connectivity index (χ3n) is 2.23. The standard InChI is InChI=1S/C10H19NO4/c1-10(2,3)15-9(13)8(11)6-4-14-5-7(6)12/h6-8,12H,4-5,11H2,1-3H3/t6-,7-,8-/m0/s1. The van der Waals surface area contributed by atoms with E-state index in [-0.39, 0.29) is 12.5 Å². The van der Waals surface area contributed by atoms with E-state index in [0.717, 1.165) is 0 Å². The molecule has 0 aromatic rings. The minimum atomic E-state index is -0.818. The lowest BCUT2D eigenvalue weighted by molar-refractivity contribution is -0.158. The Morgan fingerprint density at radius 3 is 2.53 bits per heavy atom. The van der Waals surface area contributed by atoms with Crippen molar-refractivity contribution >= 4 is 5.97 Å². The lowest BCUT2D eigenvalue weighted by Gasteiger charge is -2.25. The average molecular weight is 217 g/mol. The first-order chi connectivity index (χ1) is 6.81. The molecule has 88 valence electrons. The highest BCUT2D eigenvalue weighted by Gasteiger charge is 2.37. The van der Waals surface area contributed by atoms with Crippen molar-refractivity contribution in [2.75, 3.05) is 13.2 Å². The molecule has 15 heavy (non-hydrogen) atoms. The smallest absolute Gasteiger partial charge is 0.323 e. The molecule has 0 amide bonds. The maximum Gasteiger partial charge on any atom is 0.323 e. The van der Waals surface area contributed by atoms with Crippen LogP contribution in [0.4, 0.5) is 0 Å². The van der Waals surface area contributed by atoms with Crippen LogP contribution in [0.15, 0.2) is 0 Å². The molecule has 5 heteroatoms. The summed E-state index contributed by atoms with van der Waals surface area (Å²) in [5, 5.41) is 9.49. The van der Waals surface area contributed by atoms with Crippen molar-refractivity contribution in [1.82, 2.24) is 0 Å². The minimum Gasteiger partial charge on any atom is -0.459 e. The van der Waals surface area contributed by atoms with Crippen LogP contribution in [0.1, 0.15) is 20.8 Å². The van der Waals surface area contributed by atoms with E-state index >= 15 is 0 Å². The summed E-state index contributed by atoms with van der Waals surface area (Å²) in [7, 11) is 0. The first-order valence-electron chi connectivity index (χ1n) is 5.05. The van der Waals surface area contributed by atoms with Crippen LogP contribution >= 0.6 is 0 Å². The molecule has 0 unspecified atom stereocenters. The van der Waals surface area contributed by atoms with E-state index in [1.807, 2.05) is 0 Å². The van der Waals surface area contributed by atoms with Gasteiger partial charge in [0.15, 0.2) is 0 Å². The van der Waals surface area contributed by atoms with E-state index < -0.39 is 23.7 Å². The number of hydrogen-bond acceptors (Lipinski definition) is 5. The zero-order valence-corrected chi connectivity index (χ0v) is 9.40. The summed E-state index contributed by atoms with van der Waals surface area (Å²) in [5.74, 6) is -0.850. The predicted molar refractivity (Wildman–Crippen MR) is 54.1 cm³/mol. The number of esters is 1. The molecule has 0 aliphatic carbocycles. The van der Waals surface area contributed by atoms with Crippen LogP contribution in [-0.4, -0.2) is 42.0 Å². The molecule has 3 N–H and O–H groups in total. The fourth-order valence-corrected chi connectivity index (χ4v) is 1.45. The fraction of sp³-hybridized carbons (Fsp3) is 0.900. The summed E-state index contributed by atoms with van der Waals surface area (Å²) < 4.78 is 10.2. The van der Waals surface area contributed by atoms with Crippen molar-refractivity contribution in [3.8, 4) is 0 Å². The number of aliphatic hydroxyl groups excluding tert-OH is 1. The van der Waals surface area contributed by atoms with Crippen LogP contribution in [0.2, 0.25) is 0 Å². The summed E-state index contributed by atoms with van der Waals surface area (Å²) in [4.78, 5) is 11.6. The summed E-state index contributed by atoms with van der Waals surface area (Å²) >= 11 is 0. The van der Waals surface area contributed by atoms with Gasteiger partial charge >= 0.3 is 5.97 Å². The molecule has 0 radical (unpaired) electrons. The van der Waals surface area contributed by atoms with Crippen LogP contribution in [0.3, 0.4) is 0 Å². The molecule has 1 saturated heterocycles. The molecular weight excluding hydrogens is 198 g/mol. The molecular formula is C10H19NO4. The van der Waals surface area contributed by atoms with Gasteiger partial charge in [-0.1, -0.05) is 0 Å². The topological polar surface area (TPSA) is 81.8 Å². The number of carbonyl (C=O) groups excluding carboxylic acids is 1. The number of rotatable bonds is 2. The number of carbonyl (C=O) groups is 1. The summed E-state index contributed by atoms with van der Waals surface area (Å²) in [6.07, 6.45) is -0.674. The Hall–Kier alpha value is -0.650. The Morgan fingerprint density at radius 1 is 1.53 bits per heavy atom. The van der Waals surface area contributed by atoms with Gasteiger partial charge in [0.05, 0.1) is 19.3 Å². The number of aliphatic hydroxyl groups is 1. The van der Waals surface area contributed by atoms with Crippen LogP contribution in [0, 0.1) is 5.92 Å². The fourth-order valence-electron chi connectivity index (χ4n) is 1.45. The Kier molecular flexibility index (Phi) is 3.70. The second-order valence-electron chi connectivity index (χ2n) is 4.83. The molecule has 0 bridgehead atoms. The van der Waals surface area contributed by atoms with E-state index in [9.17, 15) is 9.90 Å². The zero-order valence-electron chi connectivity index (χ0n) is 9.40. The molecule has 5 nitrogen and oxygen atoms in total. The van der Waals surface area contributed by atoms with Crippen molar-refractivity contribution in [3.63, 3.8) is 0 Å². The summed E-state index contributed by atoms with van der Waals surface area (Å²) in [5.41, 5.74) is 5.15. The second-order valence-corrected chi connectivity index (χ2v) is 4.83. The summed E-state index contributed by atoms with van der Waals surface area (Å²) in [6.45, 7) is 5.88. The second kappa shape index (κ2) is 4.47. The molecule has 1 aliphatic rings. The molecule has 0 aromatic heterocycles. The highest BCUT2D eigenvalue weighted by atomic mass is 16.6. The lowest BCUT2D eigenvalue weighted by Crippen LogP contribution is -2.46. The van der Waals surface area contributed by atoms with E-state index in [2.05, 4.69) is 0 Å². The van der Waals surface area contributed by atoms with Crippen LogP contribution in [0.25, 0.3) is 0 Å². The van der Waals surface area contributed by atoms with Gasteiger partial charge < -0.3 is 20.3 Å². The molecule has 1 rings (SSSR count). The van der Waals surface area contributed by atoms with Gasteiger partial charge in [0.25, 0.3) is 0 Å². The predicted octanol–water partition coefficient (Wildman–Crippen LogP) is -0.337. The van der Waals surface area contributed by atoms with Crippen molar-refractivity contribution in [2.45, 2.75) is 38.5 Å². The van der Waals surface area contributed by atoms with Gasteiger partial charge in [0, 0.05) is 5.92 Å². The molecule has 1 aliphatic heterocycles. The largest absolute Gasteiger partial charge is 0.459 e. The van der Waals surface area contributed by atoms with E-state index in [1.54, 1.807) is 20.8 Å². The van der Waals surface area contributed by atoms with Gasteiger partial charge in [-0.25, -0.2) is 0 Å². The van der Waals surface area contributed by atoms with Gasteiger partial charge in [-0.2, -0.15) is 0 Å². The Morgan fingerprint density at radius 2 is 2.13 bits per heavy atom. The third-order valence-corrected chi connectivity index (χ3v) is 2.23. The molecule has 0 aromatic carbocycles. The monoisotopic (exact) mass is 217 g/mol. The third kappa shape index (κ3) is 3.44. The Labute approximate surface area is 89.5 Å². The average Bonchev–Trinajstić information content (AvgIpc) is 2.47. The molecule has 1 fully saturated rings. The first-order valence-corrected chi connectivity index (χ1v) is 5.05. The van der Waals surface area contributed by atoms with Crippen molar-refractivity contribution in [2.24, 2.45) is 11.7 Å². The van der Waals surface area contributed by atoms with E-state index in [1.165, 1.54) is 0 Å². The van der Waals surface area contributed by atoms with Crippen LogP contribution in [0.5, 0.6) is 0 Å². The van der Waals surface area contributed by atoms with Gasteiger partial charge in [0.2, 0.25) is 0 Å². The molecule has 0 spiro atoms. The lowest BCUT2D eigenvalue weighted by atomic mass is 9.97. The van der Waals surface area contributed by atoms with Crippen molar-refractivity contribution in [3.05, 3.63) is 0 Å². The summed E-state index contributed by atoms with van der Waals surface area (Å²) in [6, 6.07) is -0.818. The number of hydrogen-bond donors (Lipinski definition) is 2. The molecule has 0 saturated carbocycles. The molecule has 3 atom stereocenters. The van der Waals surface area contributed by atoms with Gasteiger partial charge in [0.1, 0.15) is 11.6 Å². The highest BCUT2D eigenvalue weighted by Crippen LogP contribution is 2.19.